The zero-order valence-corrected chi connectivity index (χ0v) is 11.7. The molecule has 0 aliphatic rings. The highest BCUT2D eigenvalue weighted by atomic mass is 16.4. The normalized spacial score (nSPS) is 12.0. The van der Waals surface area contributed by atoms with Crippen LogP contribution in [0.3, 0.4) is 0 Å². The molecule has 0 aliphatic carbocycles. The third-order valence-corrected chi connectivity index (χ3v) is 2.98. The van der Waals surface area contributed by atoms with Gasteiger partial charge in [-0.1, -0.05) is 13.8 Å². The van der Waals surface area contributed by atoms with E-state index in [-0.39, 0.29) is 18.4 Å². The lowest BCUT2D eigenvalue weighted by atomic mass is 10.0. The first kappa shape index (κ1) is 15.0. The Kier molecular flexibility index (Phi) is 4.87. The Morgan fingerprint density at radius 1 is 1.53 bits per heavy atom. The molecule has 5 nitrogen and oxygen atoms in total. The number of nitriles is 1. The predicted octanol–water partition coefficient (Wildman–Crippen LogP) is 2.48. The van der Waals surface area contributed by atoms with Crippen LogP contribution in [0.2, 0.25) is 0 Å². The summed E-state index contributed by atoms with van der Waals surface area (Å²) in [7, 11) is 0. The van der Waals surface area contributed by atoms with E-state index in [1.165, 1.54) is 0 Å². The third kappa shape index (κ3) is 3.95. The van der Waals surface area contributed by atoms with E-state index in [1.54, 1.807) is 0 Å². The zero-order chi connectivity index (χ0) is 14.6. The maximum Gasteiger partial charge on any atom is 0.305 e. The first-order valence-electron chi connectivity index (χ1n) is 6.21. The minimum absolute atomic E-state index is 0.00277. The number of carbonyl (C=O) groups is 1. The fourth-order valence-corrected chi connectivity index (χ4v) is 1.90. The van der Waals surface area contributed by atoms with Crippen LogP contribution in [0.4, 0.5) is 5.82 Å². The van der Waals surface area contributed by atoms with Gasteiger partial charge in [-0.25, -0.2) is 4.98 Å². The van der Waals surface area contributed by atoms with Crippen LogP contribution in [0.15, 0.2) is 6.07 Å². The number of aryl methyl sites for hydroxylation is 2. The van der Waals surface area contributed by atoms with Crippen LogP contribution in [0.25, 0.3) is 0 Å². The molecule has 1 unspecified atom stereocenters. The Balaban J connectivity index is 3.09. The van der Waals surface area contributed by atoms with Crippen LogP contribution in [0.1, 0.15) is 37.1 Å². The van der Waals surface area contributed by atoms with Crippen LogP contribution in [-0.2, 0) is 4.79 Å². The van der Waals surface area contributed by atoms with Crippen molar-refractivity contribution in [1.29, 1.82) is 5.26 Å². The number of rotatable bonds is 5. The summed E-state index contributed by atoms with van der Waals surface area (Å²) in [6.07, 6.45) is -0.00277. The minimum Gasteiger partial charge on any atom is -0.481 e. The second-order valence-electron chi connectivity index (χ2n) is 5.01. The van der Waals surface area contributed by atoms with Crippen molar-refractivity contribution >= 4 is 11.8 Å². The smallest absolute Gasteiger partial charge is 0.305 e. The van der Waals surface area contributed by atoms with Gasteiger partial charge < -0.3 is 10.4 Å². The number of anilines is 1. The van der Waals surface area contributed by atoms with Gasteiger partial charge in [0.1, 0.15) is 11.9 Å². The number of aromatic nitrogens is 1. The van der Waals surface area contributed by atoms with Gasteiger partial charge in [-0.2, -0.15) is 5.26 Å². The topological polar surface area (TPSA) is 86.0 Å². The van der Waals surface area contributed by atoms with Gasteiger partial charge in [0.25, 0.3) is 0 Å². The average Bonchev–Trinajstić information content (AvgIpc) is 2.26. The summed E-state index contributed by atoms with van der Waals surface area (Å²) in [5, 5.41) is 21.2. The summed E-state index contributed by atoms with van der Waals surface area (Å²) < 4.78 is 0. The van der Waals surface area contributed by atoms with Crippen LogP contribution in [0.5, 0.6) is 0 Å². The molecule has 102 valence electrons. The number of nitrogens with zero attached hydrogens (tertiary/aromatic N) is 2. The van der Waals surface area contributed by atoms with Crippen molar-refractivity contribution in [3.8, 4) is 6.07 Å². The van der Waals surface area contributed by atoms with E-state index >= 15 is 0 Å². The van der Waals surface area contributed by atoms with Gasteiger partial charge in [0.2, 0.25) is 0 Å². The van der Waals surface area contributed by atoms with Gasteiger partial charge in [-0.3, -0.25) is 4.79 Å². The lowest BCUT2D eigenvalue weighted by Gasteiger charge is -2.22. The van der Waals surface area contributed by atoms with Gasteiger partial charge in [0.15, 0.2) is 0 Å². The Morgan fingerprint density at radius 2 is 2.16 bits per heavy atom. The van der Waals surface area contributed by atoms with Crippen molar-refractivity contribution in [2.24, 2.45) is 5.92 Å². The first-order chi connectivity index (χ1) is 8.85. The lowest BCUT2D eigenvalue weighted by Crippen LogP contribution is -2.29. The number of nitrogens with one attached hydrogen (secondary N) is 1. The van der Waals surface area contributed by atoms with Crippen LogP contribution in [0, 0.1) is 31.1 Å². The molecule has 2 N–H and O–H groups in total. The van der Waals surface area contributed by atoms with Crippen molar-refractivity contribution in [3.05, 3.63) is 22.9 Å². The monoisotopic (exact) mass is 261 g/mol. The second-order valence-corrected chi connectivity index (χ2v) is 5.01. The van der Waals surface area contributed by atoms with Crippen molar-refractivity contribution < 1.29 is 9.90 Å². The van der Waals surface area contributed by atoms with E-state index in [4.69, 9.17) is 5.11 Å². The van der Waals surface area contributed by atoms with E-state index in [1.807, 2.05) is 33.8 Å². The molecule has 0 amide bonds. The SMILES string of the molecule is Cc1cc(C)c(C#N)c(NC(CC(=O)O)C(C)C)n1. The van der Waals surface area contributed by atoms with Crippen LogP contribution >= 0.6 is 0 Å². The zero-order valence-electron chi connectivity index (χ0n) is 11.7. The molecule has 1 heterocycles. The average molecular weight is 261 g/mol. The molecule has 0 saturated heterocycles. The predicted molar refractivity (Wildman–Crippen MR) is 72.9 cm³/mol. The number of carboxylic acids is 1. The number of hydrogen-bond donors (Lipinski definition) is 2. The molecular formula is C14H19N3O2. The molecule has 0 fully saturated rings. The Bertz CT molecular complexity index is 518. The van der Waals surface area contributed by atoms with Crippen LogP contribution in [-0.4, -0.2) is 22.1 Å². The Morgan fingerprint density at radius 3 is 2.63 bits per heavy atom. The maximum absolute atomic E-state index is 10.9. The highest BCUT2D eigenvalue weighted by Crippen LogP contribution is 2.21. The molecule has 0 bridgehead atoms. The summed E-state index contributed by atoms with van der Waals surface area (Å²) in [5.74, 6) is -0.265. The highest BCUT2D eigenvalue weighted by Gasteiger charge is 2.19. The molecule has 1 aromatic heterocycles. The molecule has 5 heteroatoms. The van der Waals surface area contributed by atoms with Gasteiger partial charge in [-0.15, -0.1) is 0 Å². The van der Waals surface area contributed by atoms with Crippen molar-refractivity contribution in [2.75, 3.05) is 5.32 Å². The van der Waals surface area contributed by atoms with Gasteiger partial charge in [0, 0.05) is 11.7 Å². The van der Waals surface area contributed by atoms with Crippen LogP contribution < -0.4 is 5.32 Å². The Hall–Kier alpha value is -2.09. The molecule has 1 aromatic rings. The molecular weight excluding hydrogens is 242 g/mol. The largest absolute Gasteiger partial charge is 0.481 e. The van der Waals surface area contributed by atoms with Gasteiger partial charge in [-0.05, 0) is 31.4 Å². The minimum atomic E-state index is -0.867. The summed E-state index contributed by atoms with van der Waals surface area (Å²) in [6, 6.07) is 3.70. The van der Waals surface area contributed by atoms with E-state index < -0.39 is 5.97 Å². The van der Waals surface area contributed by atoms with E-state index in [2.05, 4.69) is 16.4 Å². The maximum atomic E-state index is 10.9. The van der Waals surface area contributed by atoms with Gasteiger partial charge >= 0.3 is 5.97 Å². The summed E-state index contributed by atoms with van der Waals surface area (Å²) in [5.41, 5.74) is 2.12. The molecule has 0 saturated carbocycles. The molecule has 1 atom stereocenters. The molecule has 0 spiro atoms. The first-order valence-corrected chi connectivity index (χ1v) is 6.21. The van der Waals surface area contributed by atoms with Crippen molar-refractivity contribution in [3.63, 3.8) is 0 Å². The van der Waals surface area contributed by atoms with E-state index in [9.17, 15) is 10.1 Å². The third-order valence-electron chi connectivity index (χ3n) is 2.98. The molecule has 0 aliphatic heterocycles. The van der Waals surface area contributed by atoms with E-state index in [0.717, 1.165) is 11.3 Å². The fourth-order valence-electron chi connectivity index (χ4n) is 1.90. The fraction of sp³-hybridized carbons (Fsp3) is 0.500. The number of carboxylic acid groups (broad SMARTS) is 1. The van der Waals surface area contributed by atoms with Crippen molar-refractivity contribution in [1.82, 2.24) is 4.98 Å². The quantitative estimate of drug-likeness (QED) is 0.850. The summed E-state index contributed by atoms with van der Waals surface area (Å²) >= 11 is 0. The highest BCUT2D eigenvalue weighted by molar-refractivity contribution is 5.68. The number of aliphatic carboxylic acids is 1. The molecule has 1 rings (SSSR count). The van der Waals surface area contributed by atoms with E-state index in [0.29, 0.717) is 11.4 Å². The van der Waals surface area contributed by atoms with Gasteiger partial charge in [0.05, 0.1) is 12.0 Å². The molecule has 0 radical (unpaired) electrons. The number of pyridine rings is 1. The summed E-state index contributed by atoms with van der Waals surface area (Å²) in [4.78, 5) is 15.2. The second kappa shape index (κ2) is 6.19. The standard InChI is InChI=1S/C14H19N3O2/c1-8(2)12(6-13(18)19)17-14-11(7-15)9(3)5-10(4)16-14/h5,8,12H,6H2,1-4H3,(H,16,17)(H,18,19). The van der Waals surface area contributed by atoms with Crippen molar-refractivity contribution in [2.45, 2.75) is 40.2 Å². The Labute approximate surface area is 113 Å². The molecule has 19 heavy (non-hydrogen) atoms. The summed E-state index contributed by atoms with van der Waals surface area (Å²) in [6.45, 7) is 7.57. The molecule has 0 aromatic carbocycles. The lowest BCUT2D eigenvalue weighted by molar-refractivity contribution is -0.137. The number of hydrogen-bond acceptors (Lipinski definition) is 4.